The molecule has 1 aromatic carbocycles. The number of hydrogen-bond donors (Lipinski definition) is 1. The molecule has 0 radical (unpaired) electrons. The zero-order valence-electron chi connectivity index (χ0n) is 16.0. The van der Waals surface area contributed by atoms with Gasteiger partial charge in [0.1, 0.15) is 6.04 Å². The average molecular weight is 380 g/mol. The number of rotatable bonds is 7. The van der Waals surface area contributed by atoms with Gasteiger partial charge in [-0.15, -0.1) is 0 Å². The molecule has 1 unspecified atom stereocenters. The Labute approximate surface area is 156 Å². The highest BCUT2D eigenvalue weighted by Crippen LogP contribution is 2.48. The summed E-state index contributed by atoms with van der Waals surface area (Å²) in [5.74, 6) is -0.145. The first-order valence-electron chi connectivity index (χ1n) is 9.22. The third-order valence-corrected chi connectivity index (χ3v) is 6.93. The molecule has 2 fully saturated rings. The lowest BCUT2D eigenvalue weighted by molar-refractivity contribution is -0.120. The first kappa shape index (κ1) is 19.3. The summed E-state index contributed by atoms with van der Waals surface area (Å²) in [5.41, 5.74) is 2.39. The molecule has 1 N–H and O–H groups in total. The van der Waals surface area contributed by atoms with Gasteiger partial charge in [0.15, 0.2) is 0 Å². The minimum Gasteiger partial charge on any atom is -0.314 e. The third-order valence-electron chi connectivity index (χ3n) is 5.63. The normalized spacial score (nSPS) is 22.5. The van der Waals surface area contributed by atoms with Crippen LogP contribution in [0.4, 0.5) is 5.69 Å². The van der Waals surface area contributed by atoms with Crippen LogP contribution in [-0.4, -0.2) is 57.1 Å². The standard InChI is InChI=1S/C19H29N3O3S/c1-14(2)20-13-19(10-11-19)15-5-7-16(8-6-15)22-12-9-17(18(22)23)21(3)26(4,24)25/h5-8,14,17,20H,9-13H2,1-4H3. The highest BCUT2D eigenvalue weighted by molar-refractivity contribution is 7.88. The fraction of sp³-hybridized carbons (Fsp3) is 0.632. The number of benzene rings is 1. The Morgan fingerprint density at radius 3 is 2.38 bits per heavy atom. The number of hydrogen-bond acceptors (Lipinski definition) is 4. The second-order valence-electron chi connectivity index (χ2n) is 7.94. The van der Waals surface area contributed by atoms with Gasteiger partial charge in [0.2, 0.25) is 15.9 Å². The summed E-state index contributed by atoms with van der Waals surface area (Å²) in [7, 11) is -1.90. The number of sulfonamides is 1. The van der Waals surface area contributed by atoms with Crippen molar-refractivity contribution in [3.63, 3.8) is 0 Å². The molecule has 1 amide bonds. The van der Waals surface area contributed by atoms with E-state index < -0.39 is 16.1 Å². The summed E-state index contributed by atoms with van der Waals surface area (Å²) < 4.78 is 24.6. The summed E-state index contributed by atoms with van der Waals surface area (Å²) in [6, 6.07) is 8.08. The van der Waals surface area contributed by atoms with Gasteiger partial charge in [0.25, 0.3) is 0 Å². The first-order valence-corrected chi connectivity index (χ1v) is 11.1. The molecule has 7 heteroatoms. The minimum atomic E-state index is -3.38. The van der Waals surface area contributed by atoms with Crippen molar-refractivity contribution in [1.29, 1.82) is 0 Å². The van der Waals surface area contributed by atoms with Crippen molar-refractivity contribution in [2.75, 3.05) is 31.3 Å². The Morgan fingerprint density at radius 1 is 1.27 bits per heavy atom. The van der Waals surface area contributed by atoms with Gasteiger partial charge < -0.3 is 10.2 Å². The summed E-state index contributed by atoms with van der Waals surface area (Å²) in [6.45, 7) is 5.83. The predicted octanol–water partition coefficient (Wildman–Crippen LogP) is 1.71. The molecule has 0 spiro atoms. The summed E-state index contributed by atoms with van der Waals surface area (Å²) >= 11 is 0. The van der Waals surface area contributed by atoms with Crippen molar-refractivity contribution in [3.8, 4) is 0 Å². The highest BCUT2D eigenvalue weighted by Gasteiger charge is 2.44. The van der Waals surface area contributed by atoms with E-state index in [0.29, 0.717) is 19.0 Å². The number of nitrogens with one attached hydrogen (secondary N) is 1. The Balaban J connectivity index is 1.71. The van der Waals surface area contributed by atoms with Crippen LogP contribution in [0, 0.1) is 0 Å². The van der Waals surface area contributed by atoms with Gasteiger partial charge in [-0.05, 0) is 37.0 Å². The maximum atomic E-state index is 12.7. The molecule has 0 aromatic heterocycles. The van der Waals surface area contributed by atoms with Crippen molar-refractivity contribution >= 4 is 21.6 Å². The number of carbonyl (C=O) groups is 1. The van der Waals surface area contributed by atoms with E-state index in [9.17, 15) is 13.2 Å². The smallest absolute Gasteiger partial charge is 0.245 e. The zero-order valence-corrected chi connectivity index (χ0v) is 16.8. The SMILES string of the molecule is CC(C)NCC1(c2ccc(N3CCC(N(C)S(C)(=O)=O)C3=O)cc2)CC1. The molecule has 1 saturated heterocycles. The van der Waals surface area contributed by atoms with E-state index in [2.05, 4.69) is 31.3 Å². The lowest BCUT2D eigenvalue weighted by Crippen LogP contribution is -2.42. The second-order valence-corrected chi connectivity index (χ2v) is 9.98. The maximum absolute atomic E-state index is 12.7. The molecule has 2 aliphatic rings. The van der Waals surface area contributed by atoms with Crippen molar-refractivity contribution in [2.24, 2.45) is 0 Å². The van der Waals surface area contributed by atoms with Gasteiger partial charge in [-0.2, -0.15) is 4.31 Å². The molecule has 0 bridgehead atoms. The largest absolute Gasteiger partial charge is 0.314 e. The monoisotopic (exact) mass is 379 g/mol. The van der Waals surface area contributed by atoms with E-state index in [1.54, 1.807) is 4.90 Å². The number of anilines is 1. The lowest BCUT2D eigenvalue weighted by Gasteiger charge is -2.23. The second kappa shape index (κ2) is 6.94. The predicted molar refractivity (Wildman–Crippen MR) is 104 cm³/mol. The van der Waals surface area contributed by atoms with Gasteiger partial charge >= 0.3 is 0 Å². The Bertz CT molecular complexity index is 770. The van der Waals surface area contributed by atoms with Gasteiger partial charge in [0, 0.05) is 37.3 Å². The summed E-state index contributed by atoms with van der Waals surface area (Å²) in [5, 5.41) is 3.53. The fourth-order valence-corrected chi connectivity index (χ4v) is 4.26. The molecule has 3 rings (SSSR count). The quantitative estimate of drug-likeness (QED) is 0.783. The van der Waals surface area contributed by atoms with Crippen LogP contribution in [0.3, 0.4) is 0 Å². The Kier molecular flexibility index (Phi) is 5.16. The van der Waals surface area contributed by atoms with Crippen molar-refractivity contribution < 1.29 is 13.2 Å². The molecule has 1 aromatic rings. The van der Waals surface area contributed by atoms with E-state index in [1.807, 2.05) is 12.1 Å². The van der Waals surface area contributed by atoms with Crippen LogP contribution < -0.4 is 10.2 Å². The summed E-state index contributed by atoms with van der Waals surface area (Å²) in [4.78, 5) is 14.4. The fourth-order valence-electron chi connectivity index (χ4n) is 3.60. The molecular weight excluding hydrogens is 350 g/mol. The molecule has 1 aliphatic heterocycles. The lowest BCUT2D eigenvalue weighted by atomic mass is 9.95. The number of nitrogens with zero attached hydrogens (tertiary/aromatic N) is 2. The zero-order chi connectivity index (χ0) is 19.1. The van der Waals surface area contributed by atoms with Gasteiger partial charge in [-0.1, -0.05) is 26.0 Å². The summed E-state index contributed by atoms with van der Waals surface area (Å²) in [6.07, 6.45) is 4.04. The van der Waals surface area contributed by atoms with E-state index in [0.717, 1.165) is 18.5 Å². The van der Waals surface area contributed by atoms with E-state index in [1.165, 1.54) is 29.8 Å². The molecular formula is C19H29N3O3S. The van der Waals surface area contributed by atoms with Crippen LogP contribution in [0.5, 0.6) is 0 Å². The van der Waals surface area contributed by atoms with Gasteiger partial charge in [-0.3, -0.25) is 4.79 Å². The van der Waals surface area contributed by atoms with Crippen LogP contribution >= 0.6 is 0 Å². The topological polar surface area (TPSA) is 69.7 Å². The molecule has 144 valence electrons. The Morgan fingerprint density at radius 2 is 1.88 bits per heavy atom. The van der Waals surface area contributed by atoms with Gasteiger partial charge in [0.05, 0.1) is 6.26 Å². The van der Waals surface area contributed by atoms with Crippen LogP contribution in [-0.2, 0) is 20.2 Å². The molecule has 1 heterocycles. The van der Waals surface area contributed by atoms with E-state index >= 15 is 0 Å². The molecule has 26 heavy (non-hydrogen) atoms. The van der Waals surface area contributed by atoms with Crippen molar-refractivity contribution in [1.82, 2.24) is 9.62 Å². The van der Waals surface area contributed by atoms with Crippen molar-refractivity contribution in [2.45, 2.75) is 50.6 Å². The minimum absolute atomic E-state index is 0.145. The van der Waals surface area contributed by atoms with Crippen LogP contribution in [0.1, 0.15) is 38.7 Å². The Hall–Kier alpha value is -1.44. The molecule has 1 aliphatic carbocycles. The first-order chi connectivity index (χ1) is 12.1. The average Bonchev–Trinajstić information content (AvgIpc) is 3.28. The van der Waals surface area contributed by atoms with E-state index in [-0.39, 0.29) is 11.3 Å². The maximum Gasteiger partial charge on any atom is 0.245 e. The van der Waals surface area contributed by atoms with E-state index in [4.69, 9.17) is 0 Å². The van der Waals surface area contributed by atoms with Crippen LogP contribution in [0.25, 0.3) is 0 Å². The van der Waals surface area contributed by atoms with Gasteiger partial charge in [-0.25, -0.2) is 8.42 Å². The molecule has 1 atom stereocenters. The van der Waals surface area contributed by atoms with Crippen LogP contribution in [0.2, 0.25) is 0 Å². The number of carbonyl (C=O) groups excluding carboxylic acids is 1. The highest BCUT2D eigenvalue weighted by atomic mass is 32.2. The third kappa shape index (κ3) is 3.80. The van der Waals surface area contributed by atoms with Crippen molar-refractivity contribution in [3.05, 3.63) is 29.8 Å². The molecule has 1 saturated carbocycles. The molecule has 6 nitrogen and oxygen atoms in total. The number of amides is 1. The van der Waals surface area contributed by atoms with Crippen LogP contribution in [0.15, 0.2) is 24.3 Å². The number of likely N-dealkylation sites (N-methyl/N-ethyl adjacent to an activating group) is 1.